The lowest BCUT2D eigenvalue weighted by Crippen LogP contribution is -2.62. The number of carbonyl (C=O) groups is 1. The van der Waals surface area contributed by atoms with E-state index in [0.29, 0.717) is 17.4 Å². The molecule has 0 bridgehead atoms. The first-order valence-electron chi connectivity index (χ1n) is 14.2. The van der Waals surface area contributed by atoms with Crippen LogP contribution >= 0.6 is 11.6 Å². The van der Waals surface area contributed by atoms with Crippen molar-refractivity contribution in [2.24, 2.45) is 0 Å². The molecule has 224 valence electrons. The Bertz CT molecular complexity index is 1400. The monoisotopic (exact) mass is 602 g/mol. The van der Waals surface area contributed by atoms with Gasteiger partial charge in [-0.25, -0.2) is 0 Å². The van der Waals surface area contributed by atoms with Gasteiger partial charge in [-0.05, 0) is 28.8 Å². The molecule has 4 aromatic carbocycles. The first-order valence-corrected chi connectivity index (χ1v) is 14.6. The Kier molecular flexibility index (Phi) is 11.2. The van der Waals surface area contributed by atoms with Crippen LogP contribution in [0.25, 0.3) is 0 Å². The van der Waals surface area contributed by atoms with Crippen molar-refractivity contribution in [3.8, 4) is 5.75 Å². The van der Waals surface area contributed by atoms with E-state index in [2.05, 4.69) is 0 Å². The van der Waals surface area contributed by atoms with E-state index in [9.17, 15) is 4.79 Å². The van der Waals surface area contributed by atoms with Crippen LogP contribution in [0, 0.1) is 0 Å². The van der Waals surface area contributed by atoms with E-state index in [1.54, 1.807) is 12.1 Å². The zero-order valence-electron chi connectivity index (χ0n) is 23.9. The summed E-state index contributed by atoms with van der Waals surface area (Å²) in [5, 5.41) is 0.425. The van der Waals surface area contributed by atoms with Gasteiger partial charge in [-0.3, -0.25) is 4.79 Å². The summed E-state index contributed by atoms with van der Waals surface area (Å²) in [7, 11) is 0. The topological polar surface area (TPSA) is 72.5 Å². The molecule has 1 fully saturated rings. The third kappa shape index (κ3) is 8.89. The second-order valence-electron chi connectivity index (χ2n) is 10.2. The van der Waals surface area contributed by atoms with Crippen molar-refractivity contribution in [1.29, 1.82) is 0 Å². The Morgan fingerprint density at radius 1 is 0.651 bits per heavy atom. The number of esters is 1. The van der Waals surface area contributed by atoms with E-state index in [-0.39, 0.29) is 19.8 Å². The fraction of sp³-hybridized carbons (Fsp3) is 0.286. The van der Waals surface area contributed by atoms with Crippen molar-refractivity contribution in [1.82, 2.24) is 0 Å². The highest BCUT2D eigenvalue weighted by molar-refractivity contribution is 6.32. The summed E-state index contributed by atoms with van der Waals surface area (Å²) in [6, 6.07) is 36.7. The standard InChI is InChI=1S/C35H35ClO7/c1-25(37)38-24-31-32(39-21-26-13-5-2-6-14-26)33(40-22-27-15-7-3-8-16-27)34(41-23-28-17-9-4-10-18-28)35(43-31)42-30-20-12-11-19-29(30)36/h2-20,31-35H,21-24H2,1H3/t31-,32-,33+,34+,35+/m1/s1. The number of benzene rings is 4. The van der Waals surface area contributed by atoms with Gasteiger partial charge in [0.05, 0.1) is 24.8 Å². The first-order chi connectivity index (χ1) is 21.1. The molecule has 4 aromatic rings. The second-order valence-corrected chi connectivity index (χ2v) is 10.6. The van der Waals surface area contributed by atoms with Gasteiger partial charge >= 0.3 is 5.97 Å². The van der Waals surface area contributed by atoms with Gasteiger partial charge in [0.1, 0.15) is 36.8 Å². The van der Waals surface area contributed by atoms with Crippen LogP contribution in [0.1, 0.15) is 23.6 Å². The summed E-state index contributed by atoms with van der Waals surface area (Å²) >= 11 is 6.48. The van der Waals surface area contributed by atoms with Crippen LogP contribution in [0.15, 0.2) is 115 Å². The number of ether oxygens (including phenoxy) is 6. The predicted octanol–water partition coefficient (Wildman–Crippen LogP) is 6.76. The van der Waals surface area contributed by atoms with Crippen molar-refractivity contribution in [3.63, 3.8) is 0 Å². The highest BCUT2D eigenvalue weighted by Gasteiger charge is 2.50. The van der Waals surface area contributed by atoms with Crippen molar-refractivity contribution in [3.05, 3.63) is 137 Å². The molecule has 0 radical (unpaired) electrons. The normalized spacial score (nSPS) is 21.7. The van der Waals surface area contributed by atoms with Gasteiger partial charge < -0.3 is 28.4 Å². The third-order valence-electron chi connectivity index (χ3n) is 6.98. The largest absolute Gasteiger partial charge is 0.463 e. The highest BCUT2D eigenvalue weighted by Crippen LogP contribution is 2.34. The molecule has 5 rings (SSSR count). The molecule has 0 N–H and O–H groups in total. The second kappa shape index (κ2) is 15.7. The maximum Gasteiger partial charge on any atom is 0.302 e. The SMILES string of the molecule is CC(=O)OC[C@H]1O[C@H](Oc2ccccc2Cl)[C@@H](OCc2ccccc2)[C@@H](OCc2ccccc2)[C@@H]1OCc1ccccc1. The first kappa shape index (κ1) is 30.7. The van der Waals surface area contributed by atoms with E-state index in [4.69, 9.17) is 40.0 Å². The Morgan fingerprint density at radius 2 is 1.12 bits per heavy atom. The molecule has 1 aliphatic heterocycles. The minimum Gasteiger partial charge on any atom is -0.463 e. The quantitative estimate of drug-likeness (QED) is 0.157. The molecule has 43 heavy (non-hydrogen) atoms. The van der Waals surface area contributed by atoms with E-state index in [1.807, 2.05) is 103 Å². The van der Waals surface area contributed by atoms with Crippen LogP contribution in [-0.4, -0.2) is 43.3 Å². The summed E-state index contributed by atoms with van der Waals surface area (Å²) < 4.78 is 38.0. The van der Waals surface area contributed by atoms with E-state index in [1.165, 1.54) is 6.92 Å². The number of carbonyl (C=O) groups excluding carboxylic acids is 1. The summed E-state index contributed by atoms with van der Waals surface area (Å²) in [5.41, 5.74) is 2.94. The minimum atomic E-state index is -0.957. The molecule has 1 aliphatic rings. The Hall–Kier alpha value is -3.72. The lowest BCUT2D eigenvalue weighted by Gasteiger charge is -2.45. The van der Waals surface area contributed by atoms with Gasteiger partial charge in [0.25, 0.3) is 0 Å². The number of hydrogen-bond donors (Lipinski definition) is 0. The van der Waals surface area contributed by atoms with Crippen LogP contribution in [0.3, 0.4) is 0 Å². The van der Waals surface area contributed by atoms with Crippen molar-refractivity contribution < 1.29 is 33.2 Å². The van der Waals surface area contributed by atoms with Gasteiger partial charge in [0.15, 0.2) is 0 Å². The molecule has 0 saturated carbocycles. The van der Waals surface area contributed by atoms with Crippen molar-refractivity contribution >= 4 is 17.6 Å². The van der Waals surface area contributed by atoms with Crippen LogP contribution in [0.2, 0.25) is 5.02 Å². The number of halogens is 1. The van der Waals surface area contributed by atoms with Gasteiger partial charge in [-0.1, -0.05) is 115 Å². The summed E-state index contributed by atoms with van der Waals surface area (Å²) in [6.45, 7) is 2.16. The molecule has 0 aliphatic carbocycles. The van der Waals surface area contributed by atoms with Crippen LogP contribution < -0.4 is 4.74 Å². The molecular weight excluding hydrogens is 568 g/mol. The molecule has 1 saturated heterocycles. The summed E-state index contributed by atoms with van der Waals surface area (Å²) in [4.78, 5) is 11.9. The maximum atomic E-state index is 11.9. The molecule has 5 atom stereocenters. The van der Waals surface area contributed by atoms with Gasteiger partial charge in [-0.2, -0.15) is 0 Å². The van der Waals surface area contributed by atoms with Crippen LogP contribution in [0.5, 0.6) is 5.75 Å². The zero-order valence-corrected chi connectivity index (χ0v) is 24.7. The van der Waals surface area contributed by atoms with Gasteiger partial charge in [0, 0.05) is 6.92 Å². The summed E-state index contributed by atoms with van der Waals surface area (Å²) in [6.07, 6.45) is -3.77. The molecule has 1 heterocycles. The van der Waals surface area contributed by atoms with Crippen molar-refractivity contribution in [2.75, 3.05) is 6.61 Å². The van der Waals surface area contributed by atoms with Crippen LogP contribution in [0.4, 0.5) is 0 Å². The highest BCUT2D eigenvalue weighted by atomic mass is 35.5. The van der Waals surface area contributed by atoms with E-state index >= 15 is 0 Å². The fourth-order valence-electron chi connectivity index (χ4n) is 4.84. The van der Waals surface area contributed by atoms with E-state index < -0.39 is 36.7 Å². The molecule has 0 aromatic heterocycles. The van der Waals surface area contributed by atoms with E-state index in [0.717, 1.165) is 16.7 Å². The molecular formula is C35H35ClO7. The number of para-hydroxylation sites is 1. The van der Waals surface area contributed by atoms with Crippen LogP contribution in [-0.2, 0) is 48.3 Å². The maximum absolute atomic E-state index is 11.9. The number of hydrogen-bond acceptors (Lipinski definition) is 7. The van der Waals surface area contributed by atoms with Gasteiger partial charge in [0.2, 0.25) is 6.29 Å². The van der Waals surface area contributed by atoms with Gasteiger partial charge in [-0.15, -0.1) is 0 Å². The average Bonchev–Trinajstić information content (AvgIpc) is 3.04. The molecule has 0 spiro atoms. The Morgan fingerprint density at radius 3 is 1.63 bits per heavy atom. The Balaban J connectivity index is 1.49. The number of rotatable bonds is 13. The minimum absolute atomic E-state index is 0.0617. The third-order valence-corrected chi connectivity index (χ3v) is 7.29. The molecule has 0 amide bonds. The molecule has 7 nitrogen and oxygen atoms in total. The molecule has 8 heteroatoms. The molecule has 0 unspecified atom stereocenters. The summed E-state index contributed by atoms with van der Waals surface area (Å²) in [5.74, 6) is -0.00244. The van der Waals surface area contributed by atoms with Crippen molar-refractivity contribution in [2.45, 2.75) is 57.5 Å². The average molecular weight is 603 g/mol. The lowest BCUT2D eigenvalue weighted by molar-refractivity contribution is -0.308. The fourth-order valence-corrected chi connectivity index (χ4v) is 5.02. The smallest absolute Gasteiger partial charge is 0.302 e. The lowest BCUT2D eigenvalue weighted by atomic mass is 9.97. The zero-order chi connectivity index (χ0) is 29.9. The predicted molar refractivity (Wildman–Crippen MR) is 162 cm³/mol. The Labute approximate surface area is 257 Å².